The number of methoxy groups -OCH3 is 1. The molecule has 7 nitrogen and oxygen atoms in total. The molecule has 0 saturated carbocycles. The molecule has 0 spiro atoms. The van der Waals surface area contributed by atoms with Crippen molar-refractivity contribution in [1.29, 1.82) is 5.26 Å². The highest BCUT2D eigenvalue weighted by Gasteiger charge is 2.45. The van der Waals surface area contributed by atoms with Crippen LogP contribution in [0.1, 0.15) is 22.3 Å². The van der Waals surface area contributed by atoms with E-state index in [9.17, 15) is 9.59 Å². The zero-order chi connectivity index (χ0) is 24.1. The number of amides is 2. The van der Waals surface area contributed by atoms with E-state index in [2.05, 4.69) is 6.07 Å². The van der Waals surface area contributed by atoms with E-state index in [0.717, 1.165) is 11.1 Å². The van der Waals surface area contributed by atoms with E-state index in [-0.39, 0.29) is 19.1 Å². The standard InChI is InChI=1S/C27H25N3O4/c1-33-23-10-8-22(9-11-23)25(31)30-15-14-27(17-30,26(29)32)18-34-24-12-6-21(7-13-24)20-4-2-19(16-28)3-5-20/h2-13H,14-15,17-18H2,1H3,(H2,29,32). The molecule has 172 valence electrons. The maximum Gasteiger partial charge on any atom is 0.253 e. The topological polar surface area (TPSA) is 106 Å². The fourth-order valence-electron chi connectivity index (χ4n) is 4.05. The largest absolute Gasteiger partial charge is 0.497 e. The van der Waals surface area contributed by atoms with Crippen molar-refractivity contribution in [2.75, 3.05) is 26.8 Å². The number of nitrogens with two attached hydrogens (primary N) is 1. The Morgan fingerprint density at radius 2 is 1.56 bits per heavy atom. The van der Waals surface area contributed by atoms with E-state index in [1.54, 1.807) is 48.4 Å². The number of nitrogens with zero attached hydrogens (tertiary/aromatic N) is 2. The summed E-state index contributed by atoms with van der Waals surface area (Å²) in [6.45, 7) is 0.719. The van der Waals surface area contributed by atoms with Gasteiger partial charge in [0.25, 0.3) is 5.91 Å². The highest BCUT2D eigenvalue weighted by Crippen LogP contribution is 2.33. The first kappa shape index (κ1) is 22.9. The van der Waals surface area contributed by atoms with Crippen molar-refractivity contribution in [3.63, 3.8) is 0 Å². The minimum absolute atomic E-state index is 0.0882. The lowest BCUT2D eigenvalue weighted by atomic mass is 9.87. The molecule has 2 N–H and O–H groups in total. The average Bonchev–Trinajstić information content (AvgIpc) is 3.33. The molecule has 34 heavy (non-hydrogen) atoms. The third-order valence-electron chi connectivity index (χ3n) is 6.22. The molecule has 0 bridgehead atoms. The van der Waals surface area contributed by atoms with Crippen LogP contribution in [0.2, 0.25) is 0 Å². The van der Waals surface area contributed by atoms with Gasteiger partial charge in [-0.25, -0.2) is 0 Å². The van der Waals surface area contributed by atoms with Crippen LogP contribution in [-0.4, -0.2) is 43.5 Å². The molecule has 0 aliphatic carbocycles. The van der Waals surface area contributed by atoms with Crippen molar-refractivity contribution < 1.29 is 19.1 Å². The molecule has 0 aromatic heterocycles. The molecule has 1 aliphatic heterocycles. The SMILES string of the molecule is COc1ccc(C(=O)N2CCC(COc3ccc(-c4ccc(C#N)cc4)cc3)(C(N)=O)C2)cc1. The van der Waals surface area contributed by atoms with Gasteiger partial charge in [-0.3, -0.25) is 9.59 Å². The van der Waals surface area contributed by atoms with Crippen molar-refractivity contribution >= 4 is 11.8 Å². The quantitative estimate of drug-likeness (QED) is 0.586. The maximum absolute atomic E-state index is 12.9. The molecular formula is C27H25N3O4. The van der Waals surface area contributed by atoms with Crippen molar-refractivity contribution in [2.45, 2.75) is 6.42 Å². The van der Waals surface area contributed by atoms with E-state index >= 15 is 0 Å². The summed E-state index contributed by atoms with van der Waals surface area (Å²) < 4.78 is 11.1. The molecule has 3 aromatic rings. The molecule has 4 rings (SSSR count). The van der Waals surface area contributed by atoms with Gasteiger partial charge in [0.1, 0.15) is 23.5 Å². The third kappa shape index (κ3) is 4.71. The number of ether oxygens (including phenoxy) is 2. The highest BCUT2D eigenvalue weighted by atomic mass is 16.5. The van der Waals surface area contributed by atoms with Crippen LogP contribution in [0.25, 0.3) is 11.1 Å². The minimum atomic E-state index is -0.950. The molecule has 1 fully saturated rings. The van der Waals surface area contributed by atoms with Crippen molar-refractivity contribution in [1.82, 2.24) is 4.90 Å². The first-order valence-electron chi connectivity index (χ1n) is 10.9. The lowest BCUT2D eigenvalue weighted by Gasteiger charge is -2.26. The molecule has 7 heteroatoms. The molecule has 0 radical (unpaired) electrons. The predicted molar refractivity (Wildman–Crippen MR) is 127 cm³/mol. The number of primary amides is 1. The van der Waals surface area contributed by atoms with Gasteiger partial charge in [0, 0.05) is 18.7 Å². The molecule has 1 atom stereocenters. The number of hydrogen-bond donors (Lipinski definition) is 1. The lowest BCUT2D eigenvalue weighted by Crippen LogP contribution is -2.45. The Kier molecular flexibility index (Phi) is 6.51. The van der Waals surface area contributed by atoms with Gasteiger partial charge in [-0.1, -0.05) is 24.3 Å². The minimum Gasteiger partial charge on any atom is -0.497 e. The van der Waals surface area contributed by atoms with Gasteiger partial charge in [-0.05, 0) is 66.1 Å². The molecule has 1 saturated heterocycles. The maximum atomic E-state index is 12.9. The summed E-state index contributed by atoms with van der Waals surface area (Å²) >= 11 is 0. The van der Waals surface area contributed by atoms with Crippen LogP contribution >= 0.6 is 0 Å². The summed E-state index contributed by atoms with van der Waals surface area (Å²) in [7, 11) is 1.57. The fourth-order valence-corrected chi connectivity index (χ4v) is 4.05. The third-order valence-corrected chi connectivity index (χ3v) is 6.22. The fraction of sp³-hybridized carbons (Fsp3) is 0.222. The van der Waals surface area contributed by atoms with Gasteiger partial charge in [-0.2, -0.15) is 5.26 Å². The second-order valence-electron chi connectivity index (χ2n) is 8.35. The first-order valence-corrected chi connectivity index (χ1v) is 10.9. The normalized spacial score (nSPS) is 17.1. The van der Waals surface area contributed by atoms with Crippen LogP contribution in [0, 0.1) is 16.7 Å². The summed E-state index contributed by atoms with van der Waals surface area (Å²) in [6.07, 6.45) is 0.438. The van der Waals surface area contributed by atoms with Crippen LogP contribution in [0.4, 0.5) is 0 Å². The Morgan fingerprint density at radius 1 is 0.971 bits per heavy atom. The zero-order valence-corrected chi connectivity index (χ0v) is 18.9. The molecule has 2 amide bonds. The number of likely N-dealkylation sites (tertiary alicyclic amines) is 1. The van der Waals surface area contributed by atoms with Gasteiger partial charge in [0.2, 0.25) is 5.91 Å². The van der Waals surface area contributed by atoms with Crippen LogP contribution < -0.4 is 15.2 Å². The van der Waals surface area contributed by atoms with Gasteiger partial charge in [0.15, 0.2) is 0 Å². The van der Waals surface area contributed by atoms with Crippen molar-refractivity contribution in [3.05, 3.63) is 83.9 Å². The summed E-state index contributed by atoms with van der Waals surface area (Å²) in [5.41, 5.74) is 7.92. The molecule has 3 aromatic carbocycles. The Hall–Kier alpha value is -4.31. The van der Waals surface area contributed by atoms with Gasteiger partial charge in [-0.15, -0.1) is 0 Å². The number of rotatable bonds is 7. The van der Waals surface area contributed by atoms with E-state index in [1.807, 2.05) is 36.4 Å². The molecule has 1 aliphatic rings. The number of hydrogen-bond acceptors (Lipinski definition) is 5. The highest BCUT2D eigenvalue weighted by molar-refractivity contribution is 5.95. The van der Waals surface area contributed by atoms with Crippen molar-refractivity contribution in [2.24, 2.45) is 11.1 Å². The Morgan fingerprint density at radius 3 is 2.12 bits per heavy atom. The summed E-state index contributed by atoms with van der Waals surface area (Å²) in [5, 5.41) is 8.94. The summed E-state index contributed by atoms with van der Waals surface area (Å²) in [4.78, 5) is 27.0. The van der Waals surface area contributed by atoms with E-state index in [4.69, 9.17) is 20.5 Å². The Labute approximate surface area is 198 Å². The molecule has 1 unspecified atom stereocenters. The second-order valence-corrected chi connectivity index (χ2v) is 8.35. The summed E-state index contributed by atoms with van der Waals surface area (Å²) in [5.74, 6) is 0.644. The van der Waals surface area contributed by atoms with Crippen molar-refractivity contribution in [3.8, 4) is 28.7 Å². The number of benzene rings is 3. The van der Waals surface area contributed by atoms with Gasteiger partial charge >= 0.3 is 0 Å². The monoisotopic (exact) mass is 455 g/mol. The van der Waals surface area contributed by atoms with E-state index in [1.165, 1.54) is 0 Å². The number of carbonyl (C=O) groups excluding carboxylic acids is 2. The predicted octanol–water partition coefficient (Wildman–Crippen LogP) is 3.63. The van der Waals surface area contributed by atoms with Crippen LogP contribution in [0.15, 0.2) is 72.8 Å². The molecular weight excluding hydrogens is 430 g/mol. The van der Waals surface area contributed by atoms with E-state index in [0.29, 0.717) is 35.6 Å². The first-order chi connectivity index (χ1) is 16.4. The summed E-state index contributed by atoms with van der Waals surface area (Å²) in [6, 6.07) is 23.8. The number of carbonyl (C=O) groups is 2. The molecule has 1 heterocycles. The van der Waals surface area contributed by atoms with E-state index < -0.39 is 11.3 Å². The zero-order valence-electron chi connectivity index (χ0n) is 18.9. The lowest BCUT2D eigenvalue weighted by molar-refractivity contribution is -0.128. The van der Waals surface area contributed by atoms with Gasteiger partial charge < -0.3 is 20.1 Å². The smallest absolute Gasteiger partial charge is 0.253 e. The Balaban J connectivity index is 1.41. The Bertz CT molecular complexity index is 1210. The van der Waals surface area contributed by atoms with Crippen LogP contribution in [0.3, 0.4) is 0 Å². The van der Waals surface area contributed by atoms with Crippen LogP contribution in [-0.2, 0) is 4.79 Å². The second kappa shape index (κ2) is 9.67. The van der Waals surface area contributed by atoms with Gasteiger partial charge in [0.05, 0.1) is 18.7 Å². The van der Waals surface area contributed by atoms with Crippen LogP contribution in [0.5, 0.6) is 11.5 Å². The number of nitriles is 1. The average molecular weight is 456 g/mol.